The van der Waals surface area contributed by atoms with Gasteiger partial charge in [-0.2, -0.15) is 0 Å². The molecule has 4 nitrogen and oxygen atoms in total. The van der Waals surface area contributed by atoms with Gasteiger partial charge in [-0.15, -0.1) is 11.3 Å². The number of aliphatic hydroxyl groups is 1. The number of hydrogen-bond acceptors (Lipinski definition) is 4. The van der Waals surface area contributed by atoms with Gasteiger partial charge in [0.25, 0.3) is 0 Å². The minimum atomic E-state index is -3.44. The zero-order valence-electron chi connectivity index (χ0n) is 10.2. The van der Waals surface area contributed by atoms with E-state index in [1.165, 1.54) is 17.8 Å². The molecule has 6 heteroatoms. The summed E-state index contributed by atoms with van der Waals surface area (Å²) in [5, 5.41) is 11.7. The van der Waals surface area contributed by atoms with Crippen molar-refractivity contribution < 1.29 is 13.5 Å². The second kappa shape index (κ2) is 6.14. The molecule has 0 aliphatic heterocycles. The minimum absolute atomic E-state index is 0.116. The van der Waals surface area contributed by atoms with Crippen molar-refractivity contribution >= 4 is 21.4 Å². The maximum absolute atomic E-state index is 11.9. The summed E-state index contributed by atoms with van der Waals surface area (Å²) in [5.74, 6) is 0.241. The predicted octanol–water partition coefficient (Wildman–Crippen LogP) is 1.97. The zero-order valence-corrected chi connectivity index (χ0v) is 11.8. The molecule has 0 spiro atoms. The molecule has 0 bridgehead atoms. The Kier molecular flexibility index (Phi) is 4.77. The third kappa shape index (κ3) is 3.54. The highest BCUT2D eigenvalue weighted by Crippen LogP contribution is 2.26. The molecule has 2 N–H and O–H groups in total. The molecule has 0 unspecified atom stereocenters. The minimum Gasteiger partial charge on any atom is -0.391 e. The molecule has 1 saturated carbocycles. The Morgan fingerprint density at radius 3 is 2.72 bits per heavy atom. The Labute approximate surface area is 112 Å². The van der Waals surface area contributed by atoms with E-state index >= 15 is 0 Å². The average Bonchev–Trinajstić information content (AvgIpc) is 2.92. The van der Waals surface area contributed by atoms with Gasteiger partial charge in [0.2, 0.25) is 10.0 Å². The number of hydrogen-bond donors (Lipinski definition) is 2. The quantitative estimate of drug-likeness (QED) is 0.871. The second-order valence-electron chi connectivity index (χ2n) is 4.75. The van der Waals surface area contributed by atoms with E-state index in [1.54, 1.807) is 17.5 Å². The summed E-state index contributed by atoms with van der Waals surface area (Å²) in [5.41, 5.74) is 0. The van der Waals surface area contributed by atoms with Crippen molar-refractivity contribution in [1.82, 2.24) is 4.72 Å². The van der Waals surface area contributed by atoms with E-state index in [9.17, 15) is 13.5 Å². The summed E-state index contributed by atoms with van der Waals surface area (Å²) in [6, 6.07) is 3.27. The SMILES string of the molecule is O=S(=O)(NC[C@@H](O)C1CCCCC1)c1cccs1. The first-order valence-electron chi connectivity index (χ1n) is 6.31. The van der Waals surface area contributed by atoms with Crippen molar-refractivity contribution in [3.8, 4) is 0 Å². The number of sulfonamides is 1. The van der Waals surface area contributed by atoms with Crippen LogP contribution in [-0.2, 0) is 10.0 Å². The monoisotopic (exact) mass is 289 g/mol. The highest BCUT2D eigenvalue weighted by Gasteiger charge is 2.24. The Balaban J connectivity index is 1.87. The van der Waals surface area contributed by atoms with Gasteiger partial charge in [-0.25, -0.2) is 13.1 Å². The van der Waals surface area contributed by atoms with Crippen LogP contribution in [0.1, 0.15) is 32.1 Å². The summed E-state index contributed by atoms with van der Waals surface area (Å²) in [7, 11) is -3.44. The van der Waals surface area contributed by atoms with Crippen molar-refractivity contribution in [2.24, 2.45) is 5.92 Å². The van der Waals surface area contributed by atoms with Crippen molar-refractivity contribution in [2.75, 3.05) is 6.54 Å². The smallest absolute Gasteiger partial charge is 0.250 e. The number of rotatable bonds is 5. The maximum atomic E-state index is 11.9. The summed E-state index contributed by atoms with van der Waals surface area (Å²) in [6.07, 6.45) is 4.94. The highest BCUT2D eigenvalue weighted by atomic mass is 32.2. The van der Waals surface area contributed by atoms with Crippen LogP contribution < -0.4 is 4.72 Å². The Morgan fingerprint density at radius 1 is 1.39 bits per heavy atom. The molecule has 0 saturated heterocycles. The van der Waals surface area contributed by atoms with Gasteiger partial charge in [0, 0.05) is 6.54 Å². The van der Waals surface area contributed by atoms with Crippen molar-refractivity contribution in [3.05, 3.63) is 17.5 Å². The first-order chi connectivity index (χ1) is 8.59. The standard InChI is InChI=1S/C12H19NO3S2/c14-11(10-5-2-1-3-6-10)9-13-18(15,16)12-7-4-8-17-12/h4,7-8,10-11,13-14H,1-3,5-6,9H2/t11-/m1/s1. The van der Waals surface area contributed by atoms with Gasteiger partial charge in [0.1, 0.15) is 4.21 Å². The van der Waals surface area contributed by atoms with E-state index in [4.69, 9.17) is 0 Å². The molecule has 1 fully saturated rings. The first kappa shape index (κ1) is 14.0. The van der Waals surface area contributed by atoms with Crippen molar-refractivity contribution in [1.29, 1.82) is 0 Å². The third-order valence-corrected chi connectivity index (χ3v) is 6.26. The van der Waals surface area contributed by atoms with Crippen LogP contribution in [0.15, 0.2) is 21.7 Å². The van der Waals surface area contributed by atoms with Gasteiger partial charge < -0.3 is 5.11 Å². The van der Waals surface area contributed by atoms with Crippen molar-refractivity contribution in [3.63, 3.8) is 0 Å². The fourth-order valence-electron chi connectivity index (χ4n) is 2.37. The summed E-state index contributed by atoms with van der Waals surface area (Å²) in [4.78, 5) is 0. The Hall–Kier alpha value is -0.430. The fraction of sp³-hybridized carbons (Fsp3) is 0.667. The first-order valence-corrected chi connectivity index (χ1v) is 8.67. The summed E-state index contributed by atoms with van der Waals surface area (Å²) < 4.78 is 26.5. The lowest BCUT2D eigenvalue weighted by atomic mass is 9.85. The molecular formula is C12H19NO3S2. The van der Waals surface area contributed by atoms with Gasteiger partial charge in [0.05, 0.1) is 6.10 Å². The van der Waals surface area contributed by atoms with Gasteiger partial charge in [0.15, 0.2) is 0 Å². The van der Waals surface area contributed by atoms with Crippen LogP contribution in [0.2, 0.25) is 0 Å². The predicted molar refractivity (Wildman–Crippen MR) is 72.1 cm³/mol. The molecule has 2 rings (SSSR count). The molecule has 0 amide bonds. The average molecular weight is 289 g/mol. The van der Waals surface area contributed by atoms with Crippen LogP contribution in [0.25, 0.3) is 0 Å². The van der Waals surface area contributed by atoms with Gasteiger partial charge in [-0.1, -0.05) is 25.3 Å². The molecule has 1 aromatic rings. The van der Waals surface area contributed by atoms with E-state index in [0.29, 0.717) is 4.21 Å². The molecule has 102 valence electrons. The Bertz CT molecular complexity index is 450. The molecule has 1 atom stereocenters. The van der Waals surface area contributed by atoms with Gasteiger partial charge >= 0.3 is 0 Å². The van der Waals surface area contributed by atoms with E-state index < -0.39 is 16.1 Å². The molecule has 1 aliphatic rings. The highest BCUT2D eigenvalue weighted by molar-refractivity contribution is 7.91. The zero-order chi connectivity index (χ0) is 13.0. The molecule has 0 aromatic carbocycles. The van der Waals surface area contributed by atoms with E-state index in [0.717, 1.165) is 25.7 Å². The molecule has 1 aromatic heterocycles. The lowest BCUT2D eigenvalue weighted by Gasteiger charge is -2.26. The van der Waals surface area contributed by atoms with Crippen LogP contribution in [0, 0.1) is 5.92 Å². The van der Waals surface area contributed by atoms with E-state index in [2.05, 4.69) is 4.72 Å². The molecule has 1 heterocycles. The van der Waals surface area contributed by atoms with Crippen LogP contribution in [0.3, 0.4) is 0 Å². The molecule has 18 heavy (non-hydrogen) atoms. The summed E-state index contributed by atoms with van der Waals surface area (Å²) >= 11 is 1.19. The van der Waals surface area contributed by atoms with Crippen LogP contribution in [-0.4, -0.2) is 26.2 Å². The van der Waals surface area contributed by atoms with Crippen LogP contribution in [0.4, 0.5) is 0 Å². The molecule has 0 radical (unpaired) electrons. The summed E-state index contributed by atoms with van der Waals surface area (Å²) in [6.45, 7) is 0.116. The topological polar surface area (TPSA) is 66.4 Å². The van der Waals surface area contributed by atoms with Crippen LogP contribution >= 0.6 is 11.3 Å². The van der Waals surface area contributed by atoms with Gasteiger partial charge in [-0.3, -0.25) is 0 Å². The van der Waals surface area contributed by atoms with Crippen LogP contribution in [0.5, 0.6) is 0 Å². The number of nitrogens with one attached hydrogen (secondary N) is 1. The lowest BCUT2D eigenvalue weighted by molar-refractivity contribution is 0.0888. The Morgan fingerprint density at radius 2 is 2.11 bits per heavy atom. The van der Waals surface area contributed by atoms with Gasteiger partial charge in [-0.05, 0) is 30.2 Å². The molecule has 1 aliphatic carbocycles. The number of aliphatic hydroxyl groups excluding tert-OH is 1. The lowest BCUT2D eigenvalue weighted by Crippen LogP contribution is -2.36. The van der Waals surface area contributed by atoms with E-state index in [1.807, 2.05) is 0 Å². The fourth-order valence-corrected chi connectivity index (χ4v) is 4.46. The molecular weight excluding hydrogens is 270 g/mol. The number of thiophene rings is 1. The van der Waals surface area contributed by atoms with E-state index in [-0.39, 0.29) is 12.5 Å². The maximum Gasteiger partial charge on any atom is 0.250 e. The van der Waals surface area contributed by atoms with Crippen molar-refractivity contribution in [2.45, 2.75) is 42.4 Å². The normalized spacial score (nSPS) is 19.8. The third-order valence-electron chi connectivity index (χ3n) is 3.44. The largest absolute Gasteiger partial charge is 0.391 e. The second-order valence-corrected chi connectivity index (χ2v) is 7.69.